The van der Waals surface area contributed by atoms with E-state index in [1.54, 1.807) is 13.3 Å². The van der Waals surface area contributed by atoms with Gasteiger partial charge >= 0.3 is 0 Å². The van der Waals surface area contributed by atoms with Gasteiger partial charge < -0.3 is 14.9 Å². The van der Waals surface area contributed by atoms with E-state index in [0.29, 0.717) is 6.61 Å². The highest BCUT2D eigenvalue weighted by Crippen LogP contribution is 2.12. The SMILES string of the molecule is COCC(N)c1cnc2ccccn12. The Balaban J connectivity index is 2.42. The van der Waals surface area contributed by atoms with Crippen LogP contribution in [0.4, 0.5) is 0 Å². The third-order valence-electron chi connectivity index (χ3n) is 2.17. The van der Waals surface area contributed by atoms with Crippen molar-refractivity contribution in [1.29, 1.82) is 0 Å². The normalized spacial score (nSPS) is 13.3. The molecule has 0 spiro atoms. The topological polar surface area (TPSA) is 52.5 Å². The Morgan fingerprint density at radius 1 is 1.57 bits per heavy atom. The fourth-order valence-electron chi connectivity index (χ4n) is 1.49. The summed E-state index contributed by atoms with van der Waals surface area (Å²) in [6, 6.07) is 5.73. The van der Waals surface area contributed by atoms with Crippen molar-refractivity contribution in [2.75, 3.05) is 13.7 Å². The molecule has 4 heteroatoms. The molecule has 0 saturated heterocycles. The van der Waals surface area contributed by atoms with Gasteiger partial charge in [-0.05, 0) is 12.1 Å². The summed E-state index contributed by atoms with van der Waals surface area (Å²) in [7, 11) is 1.64. The van der Waals surface area contributed by atoms with Crippen molar-refractivity contribution in [1.82, 2.24) is 9.38 Å². The van der Waals surface area contributed by atoms with Gasteiger partial charge in [-0.3, -0.25) is 0 Å². The lowest BCUT2D eigenvalue weighted by Gasteiger charge is -2.09. The molecule has 2 N–H and O–H groups in total. The molecule has 2 heterocycles. The Morgan fingerprint density at radius 2 is 2.43 bits per heavy atom. The number of nitrogens with two attached hydrogens (primary N) is 1. The minimum Gasteiger partial charge on any atom is -0.383 e. The summed E-state index contributed by atoms with van der Waals surface area (Å²) in [5.74, 6) is 0. The summed E-state index contributed by atoms with van der Waals surface area (Å²) in [6.45, 7) is 0.503. The van der Waals surface area contributed by atoms with Gasteiger partial charge in [-0.15, -0.1) is 0 Å². The highest BCUT2D eigenvalue weighted by Gasteiger charge is 2.10. The van der Waals surface area contributed by atoms with Crippen LogP contribution in [0.2, 0.25) is 0 Å². The molecule has 2 aromatic rings. The van der Waals surface area contributed by atoms with Crippen molar-refractivity contribution in [2.45, 2.75) is 6.04 Å². The molecule has 0 radical (unpaired) electrons. The molecule has 1 atom stereocenters. The molecule has 2 aromatic heterocycles. The van der Waals surface area contributed by atoms with E-state index in [0.717, 1.165) is 11.3 Å². The van der Waals surface area contributed by atoms with E-state index in [1.807, 2.05) is 28.8 Å². The largest absolute Gasteiger partial charge is 0.383 e. The second-order valence-electron chi connectivity index (χ2n) is 3.17. The van der Waals surface area contributed by atoms with Crippen LogP contribution in [-0.4, -0.2) is 23.1 Å². The Bertz CT molecular complexity index is 424. The Hall–Kier alpha value is -1.39. The van der Waals surface area contributed by atoms with Gasteiger partial charge in [0.25, 0.3) is 0 Å². The summed E-state index contributed by atoms with van der Waals surface area (Å²) < 4.78 is 6.99. The number of hydrogen-bond donors (Lipinski definition) is 1. The highest BCUT2D eigenvalue weighted by molar-refractivity contribution is 5.40. The molecule has 0 aromatic carbocycles. The van der Waals surface area contributed by atoms with E-state index in [9.17, 15) is 0 Å². The molecule has 0 fully saturated rings. The first-order valence-electron chi connectivity index (χ1n) is 4.49. The van der Waals surface area contributed by atoms with E-state index >= 15 is 0 Å². The lowest BCUT2D eigenvalue weighted by atomic mass is 10.2. The fraction of sp³-hybridized carbons (Fsp3) is 0.300. The van der Waals surface area contributed by atoms with E-state index < -0.39 is 0 Å². The number of nitrogens with zero attached hydrogens (tertiary/aromatic N) is 2. The molecule has 2 rings (SSSR count). The van der Waals surface area contributed by atoms with Crippen molar-refractivity contribution in [3.8, 4) is 0 Å². The Labute approximate surface area is 82.3 Å². The maximum atomic E-state index is 5.93. The number of methoxy groups -OCH3 is 1. The predicted molar refractivity (Wildman–Crippen MR) is 54.0 cm³/mol. The quantitative estimate of drug-likeness (QED) is 0.786. The molecule has 0 aliphatic carbocycles. The van der Waals surface area contributed by atoms with Crippen LogP contribution in [0.1, 0.15) is 11.7 Å². The zero-order valence-electron chi connectivity index (χ0n) is 8.05. The number of pyridine rings is 1. The molecule has 0 aliphatic heterocycles. The minimum absolute atomic E-state index is 0.127. The number of imidazole rings is 1. The molecule has 0 aliphatic rings. The minimum atomic E-state index is -0.127. The molecule has 0 bridgehead atoms. The average molecular weight is 191 g/mol. The van der Waals surface area contributed by atoms with Crippen LogP contribution in [0.25, 0.3) is 5.65 Å². The zero-order chi connectivity index (χ0) is 9.97. The van der Waals surface area contributed by atoms with Gasteiger partial charge in [-0.25, -0.2) is 4.98 Å². The molecular formula is C10H13N3O. The van der Waals surface area contributed by atoms with E-state index in [-0.39, 0.29) is 6.04 Å². The van der Waals surface area contributed by atoms with Crippen molar-refractivity contribution >= 4 is 5.65 Å². The van der Waals surface area contributed by atoms with Gasteiger partial charge in [0.15, 0.2) is 0 Å². The number of aromatic nitrogens is 2. The van der Waals surface area contributed by atoms with E-state index in [4.69, 9.17) is 10.5 Å². The number of ether oxygens (including phenoxy) is 1. The van der Waals surface area contributed by atoms with Crippen molar-refractivity contribution in [3.05, 3.63) is 36.3 Å². The number of rotatable bonds is 3. The standard InChI is InChI=1S/C10H13N3O/c1-14-7-8(11)9-6-12-10-4-2-3-5-13(9)10/h2-6,8H,7,11H2,1H3. The zero-order valence-corrected chi connectivity index (χ0v) is 8.05. The summed E-state index contributed by atoms with van der Waals surface area (Å²) in [5.41, 5.74) is 7.82. The second-order valence-corrected chi connectivity index (χ2v) is 3.17. The van der Waals surface area contributed by atoms with Crippen LogP contribution in [-0.2, 0) is 4.74 Å². The predicted octanol–water partition coefficient (Wildman–Crippen LogP) is 0.981. The smallest absolute Gasteiger partial charge is 0.136 e. The summed E-state index contributed by atoms with van der Waals surface area (Å²) in [6.07, 6.45) is 3.74. The first kappa shape index (κ1) is 9.18. The van der Waals surface area contributed by atoms with Gasteiger partial charge in [0.05, 0.1) is 24.5 Å². The highest BCUT2D eigenvalue weighted by atomic mass is 16.5. The maximum absolute atomic E-state index is 5.93. The van der Waals surface area contributed by atoms with Gasteiger partial charge in [-0.1, -0.05) is 6.07 Å². The molecule has 4 nitrogen and oxygen atoms in total. The average Bonchev–Trinajstić information content (AvgIpc) is 2.61. The summed E-state index contributed by atoms with van der Waals surface area (Å²) in [5, 5.41) is 0. The molecule has 14 heavy (non-hydrogen) atoms. The van der Waals surface area contributed by atoms with E-state index in [1.165, 1.54) is 0 Å². The third kappa shape index (κ3) is 1.49. The lowest BCUT2D eigenvalue weighted by molar-refractivity contribution is 0.179. The first-order valence-corrected chi connectivity index (χ1v) is 4.49. The van der Waals surface area contributed by atoms with Crippen molar-refractivity contribution < 1.29 is 4.74 Å². The molecular weight excluding hydrogens is 178 g/mol. The molecule has 0 amide bonds. The van der Waals surface area contributed by atoms with Gasteiger partial charge in [0.2, 0.25) is 0 Å². The molecule has 74 valence electrons. The summed E-state index contributed by atoms with van der Waals surface area (Å²) in [4.78, 5) is 4.25. The molecule has 1 unspecified atom stereocenters. The number of fused-ring (bicyclic) bond motifs is 1. The van der Waals surface area contributed by atoms with Crippen molar-refractivity contribution in [2.24, 2.45) is 5.73 Å². The molecule has 0 saturated carbocycles. The second kappa shape index (κ2) is 3.77. The van der Waals surface area contributed by atoms with Crippen LogP contribution >= 0.6 is 0 Å². The van der Waals surface area contributed by atoms with Gasteiger partial charge in [-0.2, -0.15) is 0 Å². The monoisotopic (exact) mass is 191 g/mol. The van der Waals surface area contributed by atoms with Crippen LogP contribution in [0.3, 0.4) is 0 Å². The first-order chi connectivity index (χ1) is 6.83. The fourth-order valence-corrected chi connectivity index (χ4v) is 1.49. The number of hydrogen-bond acceptors (Lipinski definition) is 3. The Kier molecular flexibility index (Phi) is 2.47. The Morgan fingerprint density at radius 3 is 3.21 bits per heavy atom. The van der Waals surface area contributed by atoms with Crippen LogP contribution in [0.5, 0.6) is 0 Å². The van der Waals surface area contributed by atoms with E-state index in [2.05, 4.69) is 4.98 Å². The van der Waals surface area contributed by atoms with Gasteiger partial charge in [0.1, 0.15) is 5.65 Å². The third-order valence-corrected chi connectivity index (χ3v) is 2.17. The van der Waals surface area contributed by atoms with Crippen LogP contribution in [0, 0.1) is 0 Å². The van der Waals surface area contributed by atoms with Crippen LogP contribution in [0.15, 0.2) is 30.6 Å². The van der Waals surface area contributed by atoms with Gasteiger partial charge in [0, 0.05) is 13.3 Å². The van der Waals surface area contributed by atoms with Crippen LogP contribution < -0.4 is 5.73 Å². The summed E-state index contributed by atoms with van der Waals surface area (Å²) >= 11 is 0. The van der Waals surface area contributed by atoms with Crippen molar-refractivity contribution in [3.63, 3.8) is 0 Å². The maximum Gasteiger partial charge on any atom is 0.136 e. The lowest BCUT2D eigenvalue weighted by Crippen LogP contribution is -2.17.